The Morgan fingerprint density at radius 3 is 1.65 bits per heavy atom. The highest BCUT2D eigenvalue weighted by molar-refractivity contribution is 7.92. The highest BCUT2D eigenvalue weighted by Gasteiger charge is 2.21. The van der Waals surface area contributed by atoms with Gasteiger partial charge in [0.15, 0.2) is 5.78 Å². The number of aryl methyl sites for hydroxylation is 1. The zero-order valence-corrected chi connectivity index (χ0v) is 23.9. The fourth-order valence-corrected chi connectivity index (χ4v) is 5.54. The van der Waals surface area contributed by atoms with Gasteiger partial charge in [-0.3, -0.25) is 19.1 Å². The molecule has 0 bridgehead atoms. The van der Waals surface area contributed by atoms with Gasteiger partial charge in [0.25, 0.3) is 21.8 Å². The molecule has 2 amide bonds. The van der Waals surface area contributed by atoms with Crippen LogP contribution in [0.1, 0.15) is 42.2 Å². The van der Waals surface area contributed by atoms with E-state index in [1.54, 1.807) is 97.1 Å². The summed E-state index contributed by atoms with van der Waals surface area (Å²) in [5.74, 6) is -1.41. The fraction of sp³-hybridized carbons (Fsp3) is 0.0294. The Kier molecular flexibility index (Phi) is 8.45. The Morgan fingerprint density at radius 1 is 0.535 bits per heavy atom. The second kappa shape index (κ2) is 12.5. The fourth-order valence-electron chi connectivity index (χ4n) is 4.44. The normalized spacial score (nSPS) is 10.9. The predicted octanol–water partition coefficient (Wildman–Crippen LogP) is 6.53. The molecular formula is C34H27N3O5S. The first-order chi connectivity index (χ1) is 20.7. The Bertz CT molecular complexity index is 1920. The molecule has 9 heteroatoms. The molecule has 0 aromatic heterocycles. The molecule has 43 heavy (non-hydrogen) atoms. The van der Waals surface area contributed by atoms with Gasteiger partial charge in [0.1, 0.15) is 0 Å². The molecule has 0 fully saturated rings. The van der Waals surface area contributed by atoms with Crippen molar-refractivity contribution >= 4 is 44.7 Å². The molecule has 0 saturated carbocycles. The lowest BCUT2D eigenvalue weighted by Crippen LogP contribution is -2.21. The summed E-state index contributed by atoms with van der Waals surface area (Å²) in [4.78, 5) is 40.2. The third-order valence-corrected chi connectivity index (χ3v) is 7.97. The van der Waals surface area contributed by atoms with Crippen molar-refractivity contribution in [2.24, 2.45) is 0 Å². The van der Waals surface area contributed by atoms with Crippen LogP contribution in [0.25, 0.3) is 0 Å². The number of carbonyl (C=O) groups is 3. The molecule has 3 N–H and O–H groups in total. The number of sulfonamides is 1. The largest absolute Gasteiger partial charge is 0.321 e. The van der Waals surface area contributed by atoms with E-state index in [0.29, 0.717) is 16.8 Å². The number of carbonyl (C=O) groups excluding carboxylic acids is 3. The number of rotatable bonds is 9. The SMILES string of the molecule is Cc1ccc(NC(=O)c2ccccc2NC(=O)c2ccccc2NS(=O)(=O)c2ccccc2)c(C(=O)c2ccccc2)c1. The summed E-state index contributed by atoms with van der Waals surface area (Å²) in [7, 11) is -3.95. The number of benzene rings is 5. The van der Waals surface area contributed by atoms with E-state index in [1.165, 1.54) is 24.3 Å². The number of anilines is 3. The van der Waals surface area contributed by atoms with Gasteiger partial charge in [-0.1, -0.05) is 84.4 Å². The van der Waals surface area contributed by atoms with Crippen LogP contribution in [0.15, 0.2) is 132 Å². The topological polar surface area (TPSA) is 121 Å². The Morgan fingerprint density at radius 2 is 1.02 bits per heavy atom. The van der Waals surface area contributed by atoms with Crippen LogP contribution in [-0.4, -0.2) is 26.0 Å². The lowest BCUT2D eigenvalue weighted by molar-refractivity contribution is 0.102. The minimum absolute atomic E-state index is 0.0495. The Labute approximate surface area is 249 Å². The van der Waals surface area contributed by atoms with Crippen molar-refractivity contribution in [3.63, 3.8) is 0 Å². The molecule has 0 unspecified atom stereocenters. The summed E-state index contributed by atoms with van der Waals surface area (Å²) in [5.41, 5.74) is 2.49. The summed E-state index contributed by atoms with van der Waals surface area (Å²) >= 11 is 0. The summed E-state index contributed by atoms with van der Waals surface area (Å²) in [6.45, 7) is 1.86. The third kappa shape index (κ3) is 6.69. The molecule has 0 atom stereocenters. The van der Waals surface area contributed by atoms with Crippen molar-refractivity contribution in [2.75, 3.05) is 15.4 Å². The van der Waals surface area contributed by atoms with Gasteiger partial charge in [0.2, 0.25) is 0 Å². The number of para-hydroxylation sites is 2. The maximum absolute atomic E-state index is 13.5. The zero-order chi connectivity index (χ0) is 30.4. The van der Waals surface area contributed by atoms with Crippen molar-refractivity contribution in [3.05, 3.63) is 155 Å². The first-order valence-corrected chi connectivity index (χ1v) is 14.8. The lowest BCUT2D eigenvalue weighted by atomic mass is 9.99. The average molecular weight is 590 g/mol. The van der Waals surface area contributed by atoms with Gasteiger partial charge in [-0.2, -0.15) is 0 Å². The highest BCUT2D eigenvalue weighted by atomic mass is 32.2. The molecule has 0 spiro atoms. The first-order valence-electron chi connectivity index (χ1n) is 13.3. The third-order valence-electron chi connectivity index (χ3n) is 6.59. The minimum Gasteiger partial charge on any atom is -0.321 e. The molecule has 5 aromatic carbocycles. The molecule has 0 aliphatic rings. The molecule has 5 rings (SSSR count). The van der Waals surface area contributed by atoms with Gasteiger partial charge in [-0.15, -0.1) is 0 Å². The van der Waals surface area contributed by atoms with Gasteiger partial charge >= 0.3 is 0 Å². The van der Waals surface area contributed by atoms with E-state index in [4.69, 9.17) is 0 Å². The average Bonchev–Trinajstić information content (AvgIpc) is 3.02. The smallest absolute Gasteiger partial charge is 0.261 e. The van der Waals surface area contributed by atoms with E-state index in [9.17, 15) is 22.8 Å². The first kappa shape index (κ1) is 29.0. The monoisotopic (exact) mass is 589 g/mol. The molecule has 0 aliphatic carbocycles. The molecule has 0 aliphatic heterocycles. The predicted molar refractivity (Wildman–Crippen MR) is 167 cm³/mol. The van der Waals surface area contributed by atoms with E-state index in [1.807, 2.05) is 13.0 Å². The Hall–Kier alpha value is -5.54. The van der Waals surface area contributed by atoms with Crippen LogP contribution >= 0.6 is 0 Å². The summed E-state index contributed by atoms with van der Waals surface area (Å²) in [6.07, 6.45) is 0. The molecule has 214 valence electrons. The minimum atomic E-state index is -3.95. The van der Waals surface area contributed by atoms with Gasteiger partial charge in [0, 0.05) is 11.1 Å². The number of nitrogens with one attached hydrogen (secondary N) is 3. The summed E-state index contributed by atoms with van der Waals surface area (Å²) in [6, 6.07) is 34.3. The Balaban J connectivity index is 1.39. The van der Waals surface area contributed by atoms with Crippen LogP contribution in [-0.2, 0) is 10.0 Å². The number of amides is 2. The van der Waals surface area contributed by atoms with Crippen LogP contribution in [0.2, 0.25) is 0 Å². The number of ketones is 1. The molecular weight excluding hydrogens is 562 g/mol. The van der Waals surface area contributed by atoms with Gasteiger partial charge in [0.05, 0.1) is 33.1 Å². The number of hydrogen-bond donors (Lipinski definition) is 3. The van der Waals surface area contributed by atoms with Crippen molar-refractivity contribution in [3.8, 4) is 0 Å². The lowest BCUT2D eigenvalue weighted by Gasteiger charge is -2.16. The standard InChI is InChI=1S/C34H27N3O5S/c1-23-20-21-30(28(22-23)32(38)24-12-4-2-5-13-24)36-33(39)26-16-8-10-18-29(26)35-34(40)27-17-9-11-19-31(27)37-43(41,42)25-14-6-3-7-15-25/h2-22,37H,1H3,(H,35,40)(H,36,39). The molecule has 0 heterocycles. The van der Waals surface area contributed by atoms with E-state index < -0.39 is 21.8 Å². The van der Waals surface area contributed by atoms with Gasteiger partial charge < -0.3 is 10.6 Å². The van der Waals surface area contributed by atoms with Crippen molar-refractivity contribution in [1.29, 1.82) is 0 Å². The van der Waals surface area contributed by atoms with E-state index >= 15 is 0 Å². The van der Waals surface area contributed by atoms with Crippen LogP contribution in [0.3, 0.4) is 0 Å². The number of hydrogen-bond acceptors (Lipinski definition) is 5. The van der Waals surface area contributed by atoms with Gasteiger partial charge in [-0.05, 0) is 55.5 Å². The second-order valence-corrected chi connectivity index (χ2v) is 11.3. The second-order valence-electron chi connectivity index (χ2n) is 9.66. The van der Waals surface area contributed by atoms with Crippen LogP contribution in [0, 0.1) is 6.92 Å². The van der Waals surface area contributed by atoms with E-state index in [0.717, 1.165) is 5.56 Å². The molecule has 8 nitrogen and oxygen atoms in total. The molecule has 0 radical (unpaired) electrons. The van der Waals surface area contributed by atoms with Crippen molar-refractivity contribution in [1.82, 2.24) is 0 Å². The summed E-state index contributed by atoms with van der Waals surface area (Å²) in [5, 5.41) is 5.55. The van der Waals surface area contributed by atoms with Gasteiger partial charge in [-0.25, -0.2) is 8.42 Å². The van der Waals surface area contributed by atoms with Crippen molar-refractivity contribution in [2.45, 2.75) is 11.8 Å². The molecule has 0 saturated heterocycles. The van der Waals surface area contributed by atoms with Crippen molar-refractivity contribution < 1.29 is 22.8 Å². The van der Waals surface area contributed by atoms with Crippen LogP contribution in [0.5, 0.6) is 0 Å². The summed E-state index contributed by atoms with van der Waals surface area (Å²) < 4.78 is 28.3. The highest BCUT2D eigenvalue weighted by Crippen LogP contribution is 2.26. The quantitative estimate of drug-likeness (QED) is 0.169. The van der Waals surface area contributed by atoms with E-state index in [-0.39, 0.29) is 33.2 Å². The maximum atomic E-state index is 13.5. The van der Waals surface area contributed by atoms with Crippen LogP contribution < -0.4 is 15.4 Å². The van der Waals surface area contributed by atoms with Crippen LogP contribution in [0.4, 0.5) is 17.1 Å². The molecule has 5 aromatic rings. The van der Waals surface area contributed by atoms with E-state index in [2.05, 4.69) is 15.4 Å². The zero-order valence-electron chi connectivity index (χ0n) is 23.1. The maximum Gasteiger partial charge on any atom is 0.261 e.